The van der Waals surface area contributed by atoms with Gasteiger partial charge >= 0.3 is 7.12 Å². The topological polar surface area (TPSA) is 154 Å². The summed E-state index contributed by atoms with van der Waals surface area (Å²) < 4.78 is 5.20. The van der Waals surface area contributed by atoms with Crippen molar-refractivity contribution >= 4 is 24.8 Å². The smallest absolute Gasteiger partial charge is 0.426 e. The zero-order chi connectivity index (χ0) is 20.5. The fourth-order valence-corrected chi connectivity index (χ4v) is 2.65. The maximum absolute atomic E-state index is 12.6. The van der Waals surface area contributed by atoms with Crippen molar-refractivity contribution in [3.8, 4) is 0 Å². The summed E-state index contributed by atoms with van der Waals surface area (Å²) in [4.78, 5) is 46.7. The second-order valence-electron chi connectivity index (χ2n) is 6.25. The first-order valence-corrected chi connectivity index (χ1v) is 9.01. The van der Waals surface area contributed by atoms with E-state index < -0.39 is 30.9 Å². The molecule has 2 atom stereocenters. The Morgan fingerprint density at radius 3 is 2.54 bits per heavy atom. The van der Waals surface area contributed by atoms with Crippen molar-refractivity contribution in [3.63, 3.8) is 0 Å². The van der Waals surface area contributed by atoms with Crippen LogP contribution in [0.5, 0.6) is 0 Å². The average Bonchev–Trinajstić information content (AvgIpc) is 2.72. The zero-order valence-electron chi connectivity index (χ0n) is 15.6. The normalized spacial score (nSPS) is 16.0. The van der Waals surface area contributed by atoms with Crippen molar-refractivity contribution in [2.45, 2.75) is 31.7 Å². The first-order valence-electron chi connectivity index (χ1n) is 9.01. The molecule has 11 nitrogen and oxygen atoms in total. The van der Waals surface area contributed by atoms with Crippen LogP contribution in [0.2, 0.25) is 0 Å². The third kappa shape index (κ3) is 6.25. The number of ether oxygens (including phenoxy) is 1. The Labute approximate surface area is 162 Å². The van der Waals surface area contributed by atoms with Gasteiger partial charge in [-0.1, -0.05) is 6.92 Å². The van der Waals surface area contributed by atoms with Crippen molar-refractivity contribution in [1.29, 1.82) is 0 Å². The number of amides is 3. The molecule has 1 saturated heterocycles. The van der Waals surface area contributed by atoms with E-state index in [4.69, 9.17) is 4.74 Å². The molecule has 4 N–H and O–H groups in total. The average molecular weight is 393 g/mol. The summed E-state index contributed by atoms with van der Waals surface area (Å²) in [5.74, 6) is -2.61. The van der Waals surface area contributed by atoms with E-state index in [1.807, 2.05) is 0 Å². The Morgan fingerprint density at radius 2 is 1.96 bits per heavy atom. The standard InChI is InChI=1S/C16H24BN5O6/c1-2-13(17(26)27)21-15(24)11(9-14(23)22-5-7-28-8-6-22)20-16(25)12-10-18-3-4-19-12/h3-4,10-11,13,26-27H,2,5-9H2,1H3,(H,20,25)(H,21,24)/t11?,13-/m0/s1. The van der Waals surface area contributed by atoms with E-state index >= 15 is 0 Å². The highest BCUT2D eigenvalue weighted by Gasteiger charge is 2.31. The SMILES string of the molecule is CC[C@H](NC(=O)C(CC(=O)N1CCOCC1)NC(=O)c1cnccn1)B(O)O. The Morgan fingerprint density at radius 1 is 1.25 bits per heavy atom. The molecule has 28 heavy (non-hydrogen) atoms. The number of morpholine rings is 1. The first kappa shape index (κ1) is 21.7. The van der Waals surface area contributed by atoms with E-state index in [1.54, 1.807) is 11.8 Å². The Kier molecular flexibility index (Phi) is 8.29. The number of rotatable bonds is 8. The largest absolute Gasteiger partial charge is 0.475 e. The second kappa shape index (κ2) is 10.7. The fourth-order valence-electron chi connectivity index (χ4n) is 2.65. The Bertz CT molecular complexity index is 671. The molecule has 1 fully saturated rings. The molecule has 1 aromatic rings. The molecule has 12 heteroatoms. The minimum absolute atomic E-state index is 0.00615. The van der Waals surface area contributed by atoms with Gasteiger partial charge in [-0.25, -0.2) is 4.98 Å². The van der Waals surface area contributed by atoms with Crippen molar-refractivity contribution in [1.82, 2.24) is 25.5 Å². The number of carbonyl (C=O) groups is 3. The van der Waals surface area contributed by atoms with Gasteiger partial charge < -0.3 is 30.3 Å². The molecule has 3 amide bonds. The van der Waals surface area contributed by atoms with E-state index in [2.05, 4.69) is 20.6 Å². The van der Waals surface area contributed by atoms with Crippen LogP contribution >= 0.6 is 0 Å². The van der Waals surface area contributed by atoms with Crippen molar-refractivity contribution in [3.05, 3.63) is 24.3 Å². The molecule has 0 aliphatic carbocycles. The molecule has 1 unspecified atom stereocenters. The van der Waals surface area contributed by atoms with Crippen LogP contribution in [-0.2, 0) is 14.3 Å². The number of nitrogens with one attached hydrogen (secondary N) is 2. The molecule has 1 aliphatic rings. The maximum Gasteiger partial charge on any atom is 0.475 e. The van der Waals surface area contributed by atoms with E-state index in [9.17, 15) is 24.4 Å². The predicted molar refractivity (Wildman–Crippen MR) is 97.7 cm³/mol. The summed E-state index contributed by atoms with van der Waals surface area (Å²) in [6, 6.07) is -1.21. The molecule has 0 radical (unpaired) electrons. The lowest BCUT2D eigenvalue weighted by Crippen LogP contribution is -2.55. The summed E-state index contributed by atoms with van der Waals surface area (Å²) in [5.41, 5.74) is -0.00615. The molecule has 2 rings (SSSR count). The maximum atomic E-state index is 12.6. The summed E-state index contributed by atoms with van der Waals surface area (Å²) in [5, 5.41) is 23.6. The lowest BCUT2D eigenvalue weighted by Gasteiger charge is -2.29. The van der Waals surface area contributed by atoms with E-state index in [0.29, 0.717) is 26.3 Å². The lowest BCUT2D eigenvalue weighted by molar-refractivity contribution is -0.138. The first-order chi connectivity index (χ1) is 13.4. The van der Waals surface area contributed by atoms with E-state index in [0.717, 1.165) is 0 Å². The summed E-state index contributed by atoms with van der Waals surface area (Å²) in [6.07, 6.45) is 3.94. The molecule has 0 aromatic carbocycles. The van der Waals surface area contributed by atoms with Gasteiger partial charge in [0.25, 0.3) is 5.91 Å². The Hall–Kier alpha value is -2.57. The van der Waals surface area contributed by atoms with E-state index in [-0.39, 0.29) is 24.4 Å². The zero-order valence-corrected chi connectivity index (χ0v) is 15.6. The van der Waals surface area contributed by atoms with Crippen LogP contribution in [0.4, 0.5) is 0 Å². The summed E-state index contributed by atoms with van der Waals surface area (Å²) in [6.45, 7) is 3.28. The second-order valence-corrected chi connectivity index (χ2v) is 6.25. The lowest BCUT2D eigenvalue weighted by atomic mass is 9.77. The molecular formula is C16H24BN5O6. The monoisotopic (exact) mass is 393 g/mol. The van der Waals surface area contributed by atoms with Gasteiger partial charge in [0, 0.05) is 25.5 Å². The van der Waals surface area contributed by atoms with Crippen LogP contribution in [0.25, 0.3) is 0 Å². The van der Waals surface area contributed by atoms with Gasteiger partial charge in [0.1, 0.15) is 11.7 Å². The van der Waals surface area contributed by atoms with Gasteiger partial charge in [0.15, 0.2) is 0 Å². The van der Waals surface area contributed by atoms with Gasteiger partial charge in [0.05, 0.1) is 31.8 Å². The number of carbonyl (C=O) groups excluding carboxylic acids is 3. The minimum Gasteiger partial charge on any atom is -0.426 e. The van der Waals surface area contributed by atoms with Crippen LogP contribution in [0.15, 0.2) is 18.6 Å². The molecule has 0 spiro atoms. The molecule has 0 saturated carbocycles. The molecule has 1 aliphatic heterocycles. The molecule has 152 valence electrons. The number of hydrogen-bond donors (Lipinski definition) is 4. The summed E-state index contributed by atoms with van der Waals surface area (Å²) in [7, 11) is -1.76. The van der Waals surface area contributed by atoms with Crippen molar-refractivity contribution in [2.75, 3.05) is 26.3 Å². The molecule has 2 heterocycles. The van der Waals surface area contributed by atoms with Crippen LogP contribution in [0, 0.1) is 0 Å². The fraction of sp³-hybridized carbons (Fsp3) is 0.562. The van der Waals surface area contributed by atoms with E-state index in [1.165, 1.54) is 18.6 Å². The molecular weight excluding hydrogens is 369 g/mol. The number of nitrogens with zero attached hydrogens (tertiary/aromatic N) is 3. The van der Waals surface area contributed by atoms with Gasteiger partial charge in [-0.2, -0.15) is 0 Å². The Balaban J connectivity index is 2.10. The highest BCUT2D eigenvalue weighted by atomic mass is 16.5. The van der Waals surface area contributed by atoms with Gasteiger partial charge in [0.2, 0.25) is 11.8 Å². The van der Waals surface area contributed by atoms with Crippen LogP contribution in [0.1, 0.15) is 30.3 Å². The third-order valence-corrected chi connectivity index (χ3v) is 4.29. The number of hydrogen-bond acceptors (Lipinski definition) is 8. The van der Waals surface area contributed by atoms with Gasteiger partial charge in [-0.15, -0.1) is 0 Å². The van der Waals surface area contributed by atoms with Gasteiger partial charge in [-0.3, -0.25) is 19.4 Å². The van der Waals surface area contributed by atoms with Gasteiger partial charge in [-0.05, 0) is 6.42 Å². The van der Waals surface area contributed by atoms with Crippen LogP contribution < -0.4 is 10.6 Å². The van der Waals surface area contributed by atoms with Crippen molar-refractivity contribution in [2.24, 2.45) is 0 Å². The highest BCUT2D eigenvalue weighted by Crippen LogP contribution is 2.06. The summed E-state index contributed by atoms with van der Waals surface area (Å²) >= 11 is 0. The van der Waals surface area contributed by atoms with Crippen molar-refractivity contribution < 1.29 is 29.2 Å². The third-order valence-electron chi connectivity index (χ3n) is 4.29. The number of aromatic nitrogens is 2. The van der Waals surface area contributed by atoms with Crippen LogP contribution in [0.3, 0.4) is 0 Å². The quantitative estimate of drug-likeness (QED) is 0.361. The highest BCUT2D eigenvalue weighted by molar-refractivity contribution is 6.43. The minimum atomic E-state index is -1.76. The molecule has 1 aromatic heterocycles. The predicted octanol–water partition coefficient (Wildman–Crippen LogP) is -2.27. The molecule has 0 bridgehead atoms. The van der Waals surface area contributed by atoms with Crippen LogP contribution in [-0.4, -0.2) is 88.0 Å².